The smallest absolute Gasteiger partial charge is 0.277 e. The first-order valence-corrected chi connectivity index (χ1v) is 11.2. The summed E-state index contributed by atoms with van der Waals surface area (Å²) in [4.78, 5) is 16.7. The van der Waals surface area contributed by atoms with E-state index in [-0.39, 0.29) is 18.3 Å². The van der Waals surface area contributed by atoms with Crippen molar-refractivity contribution >= 4 is 33.9 Å². The van der Waals surface area contributed by atoms with Crippen LogP contribution in [0, 0.1) is 12.7 Å². The minimum Gasteiger partial charge on any atom is -0.481 e. The molecule has 0 aliphatic carbocycles. The highest BCUT2D eigenvalue weighted by Gasteiger charge is 2.14. The van der Waals surface area contributed by atoms with Crippen molar-refractivity contribution in [2.45, 2.75) is 13.5 Å². The number of hydrogen-bond donors (Lipinski definition) is 1. The quantitative estimate of drug-likeness (QED) is 0.264. The van der Waals surface area contributed by atoms with Crippen LogP contribution in [0.4, 0.5) is 4.39 Å². The monoisotopic (exact) mass is 466 g/mol. The predicted molar refractivity (Wildman–Crippen MR) is 135 cm³/mol. The van der Waals surface area contributed by atoms with Gasteiger partial charge in [-0.3, -0.25) is 9.78 Å². The molecule has 0 atom stereocenters. The summed E-state index contributed by atoms with van der Waals surface area (Å²) in [5, 5.41) is 6.06. The van der Waals surface area contributed by atoms with Gasteiger partial charge in [0.15, 0.2) is 6.61 Å². The summed E-state index contributed by atoms with van der Waals surface area (Å²) in [5.74, 6) is -0.0928. The zero-order chi connectivity index (χ0) is 24.2. The number of ether oxygens (including phenoxy) is 1. The van der Waals surface area contributed by atoms with Gasteiger partial charge in [0.1, 0.15) is 17.1 Å². The molecule has 35 heavy (non-hydrogen) atoms. The number of carbonyl (C=O) groups excluding carboxylic acids is 1. The molecular weight excluding hydrogens is 443 g/mol. The molecule has 0 saturated heterocycles. The van der Waals surface area contributed by atoms with Gasteiger partial charge in [-0.05, 0) is 31.2 Å². The van der Waals surface area contributed by atoms with Crippen LogP contribution in [0.2, 0.25) is 0 Å². The van der Waals surface area contributed by atoms with Gasteiger partial charge in [-0.2, -0.15) is 5.10 Å². The summed E-state index contributed by atoms with van der Waals surface area (Å²) in [6.45, 7) is 2.16. The lowest BCUT2D eigenvalue weighted by Gasteiger charge is -2.09. The van der Waals surface area contributed by atoms with E-state index in [2.05, 4.69) is 15.5 Å². The van der Waals surface area contributed by atoms with E-state index in [4.69, 9.17) is 4.74 Å². The Bertz CT molecular complexity index is 1550. The van der Waals surface area contributed by atoms with Crippen LogP contribution in [0.5, 0.6) is 5.75 Å². The van der Waals surface area contributed by atoms with Gasteiger partial charge in [-0.1, -0.05) is 54.6 Å². The number of fused-ring (bicyclic) bond motifs is 2. The Morgan fingerprint density at radius 3 is 2.74 bits per heavy atom. The number of rotatable bonds is 7. The molecule has 2 heterocycles. The van der Waals surface area contributed by atoms with Gasteiger partial charge in [0.25, 0.3) is 5.91 Å². The van der Waals surface area contributed by atoms with E-state index in [1.54, 1.807) is 30.6 Å². The molecule has 6 nitrogen and oxygen atoms in total. The normalized spacial score (nSPS) is 11.4. The molecule has 7 heteroatoms. The summed E-state index contributed by atoms with van der Waals surface area (Å²) >= 11 is 0. The summed E-state index contributed by atoms with van der Waals surface area (Å²) in [6, 6.07) is 24.0. The SMILES string of the molecule is Cc1c(/C=N/NC(=O)COc2cccc3cccnc23)c2ccccc2n1Cc1ccccc1F. The first-order valence-electron chi connectivity index (χ1n) is 11.2. The molecule has 0 spiro atoms. The molecule has 0 bridgehead atoms. The number of nitrogens with zero attached hydrogens (tertiary/aromatic N) is 3. The molecule has 5 aromatic rings. The van der Waals surface area contributed by atoms with E-state index >= 15 is 0 Å². The highest BCUT2D eigenvalue weighted by molar-refractivity contribution is 6.01. The first kappa shape index (κ1) is 22.3. The largest absolute Gasteiger partial charge is 0.481 e. The van der Waals surface area contributed by atoms with Crippen molar-refractivity contribution in [3.05, 3.63) is 108 Å². The molecule has 2 aromatic heterocycles. The van der Waals surface area contributed by atoms with Crippen LogP contribution in [0.3, 0.4) is 0 Å². The van der Waals surface area contributed by atoms with Crippen LogP contribution in [0.15, 0.2) is 90.2 Å². The number of hydrogen-bond acceptors (Lipinski definition) is 4. The van der Waals surface area contributed by atoms with E-state index < -0.39 is 0 Å². The van der Waals surface area contributed by atoms with Crippen LogP contribution < -0.4 is 10.2 Å². The standard InChI is InChI=1S/C28H23FN4O2/c1-19-23(22-11-3-5-13-25(22)33(19)17-21-8-2-4-12-24(21)29)16-31-32-27(34)18-35-26-14-6-9-20-10-7-15-30-28(20)26/h2-16H,17-18H2,1H3,(H,32,34)/b31-16+. The Labute approximate surface area is 201 Å². The number of para-hydroxylation sites is 2. The molecule has 5 rings (SSSR count). The lowest BCUT2D eigenvalue weighted by Crippen LogP contribution is -2.24. The number of amides is 1. The van der Waals surface area contributed by atoms with Crippen molar-refractivity contribution in [3.63, 3.8) is 0 Å². The minimum absolute atomic E-state index is 0.193. The topological polar surface area (TPSA) is 68.5 Å². The lowest BCUT2D eigenvalue weighted by atomic mass is 10.1. The van der Waals surface area contributed by atoms with Gasteiger partial charge in [-0.25, -0.2) is 9.82 Å². The molecule has 3 aromatic carbocycles. The summed E-state index contributed by atoms with van der Waals surface area (Å²) in [7, 11) is 0. The Morgan fingerprint density at radius 2 is 1.86 bits per heavy atom. The zero-order valence-corrected chi connectivity index (χ0v) is 19.1. The second-order valence-corrected chi connectivity index (χ2v) is 8.11. The molecule has 0 unspecified atom stereocenters. The van der Waals surface area contributed by atoms with Crippen molar-refractivity contribution in [1.29, 1.82) is 0 Å². The third kappa shape index (κ3) is 4.61. The number of aromatic nitrogens is 2. The van der Waals surface area contributed by atoms with Gasteiger partial charge >= 0.3 is 0 Å². The number of nitrogens with one attached hydrogen (secondary N) is 1. The summed E-state index contributed by atoms with van der Waals surface area (Å²) in [5.41, 5.74) is 6.57. The molecule has 1 amide bonds. The summed E-state index contributed by atoms with van der Waals surface area (Å²) in [6.07, 6.45) is 3.30. The highest BCUT2D eigenvalue weighted by Crippen LogP contribution is 2.26. The van der Waals surface area contributed by atoms with Crippen LogP contribution in [0.25, 0.3) is 21.8 Å². The maximum atomic E-state index is 14.3. The minimum atomic E-state index is -0.387. The molecule has 0 fully saturated rings. The molecule has 0 radical (unpaired) electrons. The maximum absolute atomic E-state index is 14.3. The maximum Gasteiger partial charge on any atom is 0.277 e. The average molecular weight is 467 g/mol. The Morgan fingerprint density at radius 1 is 1.06 bits per heavy atom. The number of pyridine rings is 1. The van der Waals surface area contributed by atoms with Crippen LogP contribution in [-0.2, 0) is 11.3 Å². The highest BCUT2D eigenvalue weighted by atomic mass is 19.1. The number of carbonyl (C=O) groups is 1. The van der Waals surface area contributed by atoms with E-state index in [0.717, 1.165) is 27.5 Å². The van der Waals surface area contributed by atoms with Crippen molar-refractivity contribution in [2.75, 3.05) is 6.61 Å². The van der Waals surface area contributed by atoms with Gasteiger partial charge < -0.3 is 9.30 Å². The van der Waals surface area contributed by atoms with Gasteiger partial charge in [0.05, 0.1) is 12.8 Å². The third-order valence-corrected chi connectivity index (χ3v) is 5.90. The Balaban J connectivity index is 1.31. The number of halogens is 1. The molecule has 0 saturated carbocycles. The fraction of sp³-hybridized carbons (Fsp3) is 0.107. The third-order valence-electron chi connectivity index (χ3n) is 5.90. The van der Waals surface area contributed by atoms with Gasteiger partial charge in [0.2, 0.25) is 0 Å². The van der Waals surface area contributed by atoms with E-state index in [0.29, 0.717) is 23.4 Å². The van der Waals surface area contributed by atoms with E-state index in [9.17, 15) is 9.18 Å². The van der Waals surface area contributed by atoms with Crippen molar-refractivity contribution in [1.82, 2.24) is 15.0 Å². The van der Waals surface area contributed by atoms with Crippen LogP contribution in [-0.4, -0.2) is 28.3 Å². The Hall–Kier alpha value is -4.52. The predicted octanol–water partition coefficient (Wildman–Crippen LogP) is 5.21. The van der Waals surface area contributed by atoms with Crippen molar-refractivity contribution < 1.29 is 13.9 Å². The van der Waals surface area contributed by atoms with E-state index in [1.807, 2.05) is 66.1 Å². The zero-order valence-electron chi connectivity index (χ0n) is 19.1. The fourth-order valence-corrected chi connectivity index (χ4v) is 4.16. The average Bonchev–Trinajstić information content (AvgIpc) is 3.15. The van der Waals surface area contributed by atoms with Crippen molar-refractivity contribution in [3.8, 4) is 5.75 Å². The molecule has 174 valence electrons. The summed E-state index contributed by atoms with van der Waals surface area (Å²) < 4.78 is 22.0. The second kappa shape index (κ2) is 9.77. The fourth-order valence-electron chi connectivity index (χ4n) is 4.16. The van der Waals surface area contributed by atoms with E-state index in [1.165, 1.54) is 6.07 Å². The van der Waals surface area contributed by atoms with Crippen LogP contribution >= 0.6 is 0 Å². The molecule has 1 N–H and O–H groups in total. The van der Waals surface area contributed by atoms with Gasteiger partial charge in [0, 0.05) is 39.3 Å². The van der Waals surface area contributed by atoms with Crippen molar-refractivity contribution in [2.24, 2.45) is 5.10 Å². The van der Waals surface area contributed by atoms with Crippen LogP contribution in [0.1, 0.15) is 16.8 Å². The molecule has 0 aliphatic heterocycles. The number of hydrazone groups is 1. The first-order chi connectivity index (χ1) is 17.1. The van der Waals surface area contributed by atoms with Gasteiger partial charge in [-0.15, -0.1) is 0 Å². The molecular formula is C28H23FN4O2. The molecule has 0 aliphatic rings. The number of benzene rings is 3. The Kier molecular flexibility index (Phi) is 6.22. The lowest BCUT2D eigenvalue weighted by molar-refractivity contribution is -0.123. The second-order valence-electron chi connectivity index (χ2n) is 8.11.